The number of aromatic nitrogens is 2. The smallest absolute Gasteiger partial charge is 0.220 e. The summed E-state index contributed by atoms with van der Waals surface area (Å²) in [7, 11) is 0. The van der Waals surface area contributed by atoms with Crippen LogP contribution in [0.15, 0.2) is 24.3 Å². The van der Waals surface area contributed by atoms with Crippen molar-refractivity contribution in [3.8, 4) is 0 Å². The highest BCUT2D eigenvalue weighted by molar-refractivity contribution is 6.17. The van der Waals surface area contributed by atoms with Crippen molar-refractivity contribution in [1.82, 2.24) is 14.9 Å². The molecule has 1 aromatic carbocycles. The van der Waals surface area contributed by atoms with Crippen LogP contribution in [0.2, 0.25) is 0 Å². The monoisotopic (exact) mass is 305 g/mol. The molecule has 0 bridgehead atoms. The lowest BCUT2D eigenvalue weighted by Gasteiger charge is -2.08. The van der Waals surface area contributed by atoms with Gasteiger partial charge >= 0.3 is 0 Å². The molecule has 1 heterocycles. The van der Waals surface area contributed by atoms with Crippen LogP contribution < -0.4 is 5.32 Å². The zero-order valence-electron chi connectivity index (χ0n) is 12.0. The number of nitrogens with zero attached hydrogens (tertiary/aromatic N) is 2. The number of fused-ring (bicyclic) bond motifs is 1. The van der Waals surface area contributed by atoms with Gasteiger partial charge in [0.1, 0.15) is 5.82 Å². The fourth-order valence-electron chi connectivity index (χ4n) is 2.58. The van der Waals surface area contributed by atoms with Crippen LogP contribution >= 0.6 is 11.6 Å². The Labute approximate surface area is 129 Å². The van der Waals surface area contributed by atoms with Crippen molar-refractivity contribution in [3.63, 3.8) is 0 Å². The minimum atomic E-state index is 0.167. The van der Waals surface area contributed by atoms with Crippen molar-refractivity contribution < 1.29 is 4.79 Å². The molecule has 1 aromatic heterocycles. The topological polar surface area (TPSA) is 46.9 Å². The van der Waals surface area contributed by atoms with Gasteiger partial charge in [0, 0.05) is 31.3 Å². The van der Waals surface area contributed by atoms with Crippen molar-refractivity contribution in [2.24, 2.45) is 0 Å². The average molecular weight is 306 g/mol. The standard InChI is InChI=1S/C16H20ClN3O/c17-10-9-15-19-13-4-1-2-5-14(13)20(15)11-3-6-16(21)18-12-7-8-12/h1-2,4-5,12H,3,6-11H2,(H,18,21). The lowest BCUT2D eigenvalue weighted by molar-refractivity contribution is -0.121. The Morgan fingerprint density at radius 1 is 1.38 bits per heavy atom. The van der Waals surface area contributed by atoms with E-state index in [0.717, 1.165) is 49.1 Å². The van der Waals surface area contributed by atoms with Gasteiger partial charge in [-0.05, 0) is 31.4 Å². The van der Waals surface area contributed by atoms with Crippen LogP contribution in [-0.4, -0.2) is 27.4 Å². The fraction of sp³-hybridized carbons (Fsp3) is 0.500. The number of imidazole rings is 1. The van der Waals surface area contributed by atoms with Crippen molar-refractivity contribution in [3.05, 3.63) is 30.1 Å². The van der Waals surface area contributed by atoms with Gasteiger partial charge in [0.05, 0.1) is 11.0 Å². The molecule has 1 amide bonds. The minimum Gasteiger partial charge on any atom is -0.353 e. The van der Waals surface area contributed by atoms with Gasteiger partial charge in [0.25, 0.3) is 0 Å². The van der Waals surface area contributed by atoms with Crippen LogP contribution in [0.4, 0.5) is 0 Å². The van der Waals surface area contributed by atoms with E-state index in [9.17, 15) is 4.79 Å². The second kappa shape index (κ2) is 6.48. The summed E-state index contributed by atoms with van der Waals surface area (Å²) in [6, 6.07) is 8.55. The van der Waals surface area contributed by atoms with Crippen molar-refractivity contribution in [2.75, 3.05) is 5.88 Å². The lowest BCUT2D eigenvalue weighted by atomic mass is 10.2. The molecule has 0 saturated heterocycles. The Bertz CT molecular complexity index is 633. The highest BCUT2D eigenvalue weighted by Crippen LogP contribution is 2.20. The summed E-state index contributed by atoms with van der Waals surface area (Å²) >= 11 is 5.87. The van der Waals surface area contributed by atoms with E-state index in [1.807, 2.05) is 18.2 Å². The summed E-state index contributed by atoms with van der Waals surface area (Å²) in [5.41, 5.74) is 2.13. The number of hydrogen-bond acceptors (Lipinski definition) is 2. The first-order chi connectivity index (χ1) is 10.3. The molecule has 0 aliphatic heterocycles. The first kappa shape index (κ1) is 14.4. The van der Waals surface area contributed by atoms with Crippen LogP contribution in [0.1, 0.15) is 31.5 Å². The number of amides is 1. The number of carbonyl (C=O) groups excluding carboxylic acids is 1. The van der Waals surface area contributed by atoms with Crippen LogP contribution in [-0.2, 0) is 17.8 Å². The Balaban J connectivity index is 1.66. The van der Waals surface area contributed by atoms with E-state index >= 15 is 0 Å². The van der Waals surface area contributed by atoms with Gasteiger partial charge in [0.2, 0.25) is 5.91 Å². The summed E-state index contributed by atoms with van der Waals surface area (Å²) in [6.07, 6.45) is 4.43. The van der Waals surface area contributed by atoms with Crippen LogP contribution in [0.25, 0.3) is 11.0 Å². The average Bonchev–Trinajstić information content (AvgIpc) is 3.21. The quantitative estimate of drug-likeness (QED) is 0.800. The first-order valence-electron chi connectivity index (χ1n) is 7.57. The van der Waals surface area contributed by atoms with E-state index in [1.54, 1.807) is 0 Å². The molecule has 5 heteroatoms. The molecule has 1 N–H and O–H groups in total. The van der Waals surface area contributed by atoms with Gasteiger partial charge in [-0.15, -0.1) is 11.6 Å². The summed E-state index contributed by atoms with van der Waals surface area (Å²) in [6.45, 7) is 0.810. The SMILES string of the molecule is O=C(CCCn1c(CCCl)nc2ccccc21)NC1CC1. The van der Waals surface area contributed by atoms with Gasteiger partial charge in [-0.3, -0.25) is 4.79 Å². The number of alkyl halides is 1. The largest absolute Gasteiger partial charge is 0.353 e. The second-order valence-electron chi connectivity index (χ2n) is 5.55. The van der Waals surface area contributed by atoms with E-state index in [2.05, 4.69) is 20.9 Å². The van der Waals surface area contributed by atoms with Gasteiger partial charge in [-0.2, -0.15) is 0 Å². The number of para-hydroxylation sites is 2. The maximum atomic E-state index is 11.7. The van der Waals surface area contributed by atoms with Crippen LogP contribution in [0.3, 0.4) is 0 Å². The van der Waals surface area contributed by atoms with Crippen molar-refractivity contribution in [2.45, 2.75) is 44.7 Å². The third-order valence-electron chi connectivity index (χ3n) is 3.78. The Kier molecular flexibility index (Phi) is 4.44. The van der Waals surface area contributed by atoms with Gasteiger partial charge < -0.3 is 9.88 Å². The van der Waals surface area contributed by atoms with Crippen LogP contribution in [0, 0.1) is 0 Å². The number of nitrogens with one attached hydrogen (secondary N) is 1. The minimum absolute atomic E-state index is 0.167. The number of aryl methyl sites for hydroxylation is 2. The zero-order chi connectivity index (χ0) is 14.7. The molecule has 4 nitrogen and oxygen atoms in total. The number of rotatable bonds is 7. The van der Waals surface area contributed by atoms with Crippen LogP contribution in [0.5, 0.6) is 0 Å². The molecule has 1 aliphatic carbocycles. The van der Waals surface area contributed by atoms with E-state index in [-0.39, 0.29) is 5.91 Å². The Hall–Kier alpha value is -1.55. The molecule has 112 valence electrons. The van der Waals surface area contributed by atoms with Gasteiger partial charge in [-0.25, -0.2) is 4.98 Å². The first-order valence-corrected chi connectivity index (χ1v) is 8.11. The summed E-state index contributed by atoms with van der Waals surface area (Å²) in [4.78, 5) is 16.4. The predicted octanol–water partition coefficient (Wildman–Crippen LogP) is 2.88. The molecule has 0 radical (unpaired) electrons. The highest BCUT2D eigenvalue weighted by Gasteiger charge is 2.22. The number of carbonyl (C=O) groups is 1. The fourth-order valence-corrected chi connectivity index (χ4v) is 2.74. The number of benzene rings is 1. The summed E-state index contributed by atoms with van der Waals surface area (Å²) in [5, 5.41) is 3.03. The van der Waals surface area contributed by atoms with Crippen molar-refractivity contribution >= 4 is 28.5 Å². The summed E-state index contributed by atoms with van der Waals surface area (Å²) < 4.78 is 2.20. The van der Waals surface area contributed by atoms with Gasteiger partial charge in [-0.1, -0.05) is 12.1 Å². The van der Waals surface area contributed by atoms with E-state index < -0.39 is 0 Å². The molecule has 3 rings (SSSR count). The molecule has 2 aromatic rings. The lowest BCUT2D eigenvalue weighted by Crippen LogP contribution is -2.25. The normalized spacial score (nSPS) is 14.5. The van der Waals surface area contributed by atoms with E-state index in [1.165, 1.54) is 0 Å². The molecule has 21 heavy (non-hydrogen) atoms. The Morgan fingerprint density at radius 3 is 2.95 bits per heavy atom. The maximum absolute atomic E-state index is 11.7. The molecule has 1 aliphatic rings. The molecule has 0 unspecified atom stereocenters. The third-order valence-corrected chi connectivity index (χ3v) is 3.97. The zero-order valence-corrected chi connectivity index (χ0v) is 12.8. The van der Waals surface area contributed by atoms with E-state index in [0.29, 0.717) is 18.3 Å². The highest BCUT2D eigenvalue weighted by atomic mass is 35.5. The molecule has 0 atom stereocenters. The number of halogens is 1. The molecule has 1 saturated carbocycles. The van der Waals surface area contributed by atoms with Crippen molar-refractivity contribution in [1.29, 1.82) is 0 Å². The van der Waals surface area contributed by atoms with E-state index in [4.69, 9.17) is 11.6 Å². The third kappa shape index (κ3) is 3.56. The maximum Gasteiger partial charge on any atom is 0.220 e. The molecule has 0 spiro atoms. The Morgan fingerprint density at radius 2 is 2.19 bits per heavy atom. The second-order valence-corrected chi connectivity index (χ2v) is 5.93. The molecular weight excluding hydrogens is 286 g/mol. The number of hydrogen-bond donors (Lipinski definition) is 1. The molecule has 1 fully saturated rings. The molecular formula is C16H20ClN3O. The predicted molar refractivity (Wildman–Crippen MR) is 84.6 cm³/mol. The summed E-state index contributed by atoms with van der Waals surface area (Å²) in [5.74, 6) is 1.74. The van der Waals surface area contributed by atoms with Gasteiger partial charge in [0.15, 0.2) is 0 Å².